The zero-order chi connectivity index (χ0) is 8.27. The Balaban J connectivity index is 2.72. The smallest absolute Gasteiger partial charge is 0.0382 e. The lowest BCUT2D eigenvalue weighted by Gasteiger charge is -1.97. The standard InChI is InChI=1S/C10H15N/c1-4-10(8(2)11-3)7-9-5-6-9/h4,7H,5-6H2,1-3H3/b10-4-,11-8-. The average Bonchev–Trinajstić information content (AvgIpc) is 2.82. The molecule has 0 unspecified atom stereocenters. The van der Waals surface area contributed by atoms with Crippen LogP contribution < -0.4 is 0 Å². The number of hydrogen-bond acceptors (Lipinski definition) is 1. The molecule has 0 aromatic rings. The average molecular weight is 149 g/mol. The summed E-state index contributed by atoms with van der Waals surface area (Å²) in [4.78, 5) is 4.14. The highest BCUT2D eigenvalue weighted by molar-refractivity contribution is 6.00. The Bertz CT molecular complexity index is 225. The van der Waals surface area contributed by atoms with Crippen LogP contribution in [0.3, 0.4) is 0 Å². The van der Waals surface area contributed by atoms with E-state index in [1.807, 2.05) is 7.05 Å². The molecule has 1 fully saturated rings. The number of aliphatic imine (C=N–C) groups is 1. The molecule has 0 N–H and O–H groups in total. The van der Waals surface area contributed by atoms with E-state index >= 15 is 0 Å². The molecule has 1 heteroatoms. The first-order valence-electron chi connectivity index (χ1n) is 4.07. The van der Waals surface area contributed by atoms with Gasteiger partial charge in [-0.25, -0.2) is 0 Å². The van der Waals surface area contributed by atoms with Crippen molar-refractivity contribution < 1.29 is 0 Å². The van der Waals surface area contributed by atoms with Gasteiger partial charge in [0.2, 0.25) is 0 Å². The number of allylic oxidation sites excluding steroid dienone is 4. The van der Waals surface area contributed by atoms with E-state index in [4.69, 9.17) is 0 Å². The molecule has 0 aromatic heterocycles. The molecule has 0 radical (unpaired) electrons. The lowest BCUT2D eigenvalue weighted by atomic mass is 10.1. The van der Waals surface area contributed by atoms with Gasteiger partial charge in [-0.1, -0.05) is 17.7 Å². The van der Waals surface area contributed by atoms with Gasteiger partial charge >= 0.3 is 0 Å². The second-order valence-corrected chi connectivity index (χ2v) is 2.86. The van der Waals surface area contributed by atoms with Gasteiger partial charge in [0.25, 0.3) is 0 Å². The summed E-state index contributed by atoms with van der Waals surface area (Å²) in [5, 5.41) is 0. The number of nitrogens with zero attached hydrogens (tertiary/aromatic N) is 1. The molecule has 0 aromatic carbocycles. The maximum Gasteiger partial charge on any atom is 0.0382 e. The fourth-order valence-corrected chi connectivity index (χ4v) is 0.962. The van der Waals surface area contributed by atoms with Crippen LogP contribution in [-0.4, -0.2) is 12.8 Å². The van der Waals surface area contributed by atoms with E-state index in [1.165, 1.54) is 18.4 Å². The summed E-state index contributed by atoms with van der Waals surface area (Å²) in [5.41, 5.74) is 3.97. The predicted molar refractivity (Wildman–Crippen MR) is 50.1 cm³/mol. The molecule has 0 amide bonds. The van der Waals surface area contributed by atoms with E-state index < -0.39 is 0 Å². The molecular weight excluding hydrogens is 134 g/mol. The molecule has 1 rings (SSSR count). The molecule has 0 spiro atoms. The van der Waals surface area contributed by atoms with Gasteiger partial charge in [0.1, 0.15) is 0 Å². The molecular formula is C10H15N. The van der Waals surface area contributed by atoms with E-state index in [0.29, 0.717) is 0 Å². The van der Waals surface area contributed by atoms with Crippen molar-refractivity contribution in [3.05, 3.63) is 23.3 Å². The maximum absolute atomic E-state index is 4.14. The fourth-order valence-electron chi connectivity index (χ4n) is 0.962. The van der Waals surface area contributed by atoms with Gasteiger partial charge in [0.05, 0.1) is 0 Å². The summed E-state index contributed by atoms with van der Waals surface area (Å²) in [5.74, 6) is 0. The van der Waals surface area contributed by atoms with Crippen molar-refractivity contribution >= 4 is 5.71 Å². The molecule has 0 bridgehead atoms. The Kier molecular flexibility index (Phi) is 2.64. The van der Waals surface area contributed by atoms with Crippen LogP contribution in [0.25, 0.3) is 0 Å². The predicted octanol–water partition coefficient (Wildman–Crippen LogP) is 2.74. The van der Waals surface area contributed by atoms with Gasteiger partial charge in [-0.05, 0) is 32.3 Å². The van der Waals surface area contributed by atoms with Crippen LogP contribution in [-0.2, 0) is 0 Å². The Morgan fingerprint density at radius 3 is 2.45 bits per heavy atom. The zero-order valence-corrected chi connectivity index (χ0v) is 7.52. The summed E-state index contributed by atoms with van der Waals surface area (Å²) in [6, 6.07) is 0. The third-order valence-corrected chi connectivity index (χ3v) is 1.96. The Labute approximate surface area is 68.5 Å². The molecule has 0 saturated heterocycles. The molecule has 0 heterocycles. The van der Waals surface area contributed by atoms with Crippen LogP contribution in [0, 0.1) is 0 Å². The van der Waals surface area contributed by atoms with Gasteiger partial charge in [-0.3, -0.25) is 4.99 Å². The number of rotatable bonds is 2. The Morgan fingerprint density at radius 1 is 1.45 bits per heavy atom. The van der Waals surface area contributed by atoms with E-state index in [9.17, 15) is 0 Å². The molecule has 60 valence electrons. The normalized spacial score (nSPS) is 18.6. The molecule has 1 aliphatic rings. The molecule has 1 aliphatic carbocycles. The maximum atomic E-state index is 4.14. The molecule has 1 saturated carbocycles. The molecule has 0 atom stereocenters. The van der Waals surface area contributed by atoms with Gasteiger partial charge in [0, 0.05) is 12.8 Å². The highest BCUT2D eigenvalue weighted by atomic mass is 14.7. The first kappa shape index (κ1) is 8.25. The van der Waals surface area contributed by atoms with Crippen molar-refractivity contribution in [3.8, 4) is 0 Å². The monoisotopic (exact) mass is 149 g/mol. The molecule has 11 heavy (non-hydrogen) atoms. The van der Waals surface area contributed by atoms with Crippen LogP contribution >= 0.6 is 0 Å². The van der Waals surface area contributed by atoms with Crippen LogP contribution in [0.4, 0.5) is 0 Å². The summed E-state index contributed by atoms with van der Waals surface area (Å²) >= 11 is 0. The summed E-state index contributed by atoms with van der Waals surface area (Å²) in [6.07, 6.45) is 6.94. The highest BCUT2D eigenvalue weighted by Gasteiger charge is 2.11. The Hall–Kier alpha value is -0.850. The van der Waals surface area contributed by atoms with Crippen molar-refractivity contribution in [1.29, 1.82) is 0 Å². The second-order valence-electron chi connectivity index (χ2n) is 2.86. The van der Waals surface area contributed by atoms with E-state index in [1.54, 1.807) is 5.57 Å². The molecule has 0 aliphatic heterocycles. The number of hydrogen-bond donors (Lipinski definition) is 0. The zero-order valence-electron chi connectivity index (χ0n) is 7.52. The minimum atomic E-state index is 1.13. The molecule has 1 nitrogen and oxygen atoms in total. The topological polar surface area (TPSA) is 12.4 Å². The van der Waals surface area contributed by atoms with Crippen molar-refractivity contribution in [1.82, 2.24) is 0 Å². The SMILES string of the molecule is C/C=C(C=C1CC1)\C(C)=N/C. The van der Waals surface area contributed by atoms with E-state index in [0.717, 1.165) is 5.71 Å². The van der Waals surface area contributed by atoms with Crippen LogP contribution in [0.1, 0.15) is 26.7 Å². The first-order chi connectivity index (χ1) is 5.27. The minimum Gasteiger partial charge on any atom is -0.293 e. The van der Waals surface area contributed by atoms with Gasteiger partial charge in [-0.15, -0.1) is 0 Å². The van der Waals surface area contributed by atoms with Crippen LogP contribution in [0.2, 0.25) is 0 Å². The lowest BCUT2D eigenvalue weighted by Crippen LogP contribution is -1.93. The van der Waals surface area contributed by atoms with Crippen molar-refractivity contribution in [2.45, 2.75) is 26.7 Å². The Morgan fingerprint density at radius 2 is 2.09 bits per heavy atom. The van der Waals surface area contributed by atoms with Crippen LogP contribution in [0.15, 0.2) is 28.3 Å². The van der Waals surface area contributed by atoms with Crippen molar-refractivity contribution in [3.63, 3.8) is 0 Å². The lowest BCUT2D eigenvalue weighted by molar-refractivity contribution is 1.41. The van der Waals surface area contributed by atoms with Crippen LogP contribution in [0.5, 0.6) is 0 Å². The first-order valence-corrected chi connectivity index (χ1v) is 4.07. The quantitative estimate of drug-likeness (QED) is 0.535. The summed E-state index contributed by atoms with van der Waals surface area (Å²) in [7, 11) is 1.84. The largest absolute Gasteiger partial charge is 0.293 e. The summed E-state index contributed by atoms with van der Waals surface area (Å²) < 4.78 is 0. The van der Waals surface area contributed by atoms with Crippen molar-refractivity contribution in [2.24, 2.45) is 4.99 Å². The van der Waals surface area contributed by atoms with Gasteiger partial charge < -0.3 is 0 Å². The minimum absolute atomic E-state index is 1.13. The van der Waals surface area contributed by atoms with Crippen molar-refractivity contribution in [2.75, 3.05) is 7.05 Å². The second kappa shape index (κ2) is 3.51. The van der Waals surface area contributed by atoms with Gasteiger partial charge in [0.15, 0.2) is 0 Å². The van der Waals surface area contributed by atoms with E-state index in [-0.39, 0.29) is 0 Å². The highest BCUT2D eigenvalue weighted by Crippen LogP contribution is 2.29. The third kappa shape index (κ3) is 2.34. The van der Waals surface area contributed by atoms with Gasteiger partial charge in [-0.2, -0.15) is 0 Å². The summed E-state index contributed by atoms with van der Waals surface area (Å²) in [6.45, 7) is 4.11. The third-order valence-electron chi connectivity index (χ3n) is 1.96. The van der Waals surface area contributed by atoms with E-state index in [2.05, 4.69) is 31.0 Å². The fraction of sp³-hybridized carbons (Fsp3) is 0.500.